The molecular formula is C10H11FO. The molecule has 0 spiro atoms. The average molecular weight is 166 g/mol. The first-order chi connectivity index (χ1) is 5.77. The summed E-state index contributed by atoms with van der Waals surface area (Å²) >= 11 is 0. The lowest BCUT2D eigenvalue weighted by Crippen LogP contribution is -2.01. The molecule has 1 aromatic carbocycles. The van der Waals surface area contributed by atoms with Crippen LogP contribution in [0.1, 0.15) is 22.8 Å². The maximum absolute atomic E-state index is 12.0. The molecule has 0 saturated carbocycles. The molecule has 0 radical (unpaired) electrons. The minimum atomic E-state index is -0.910. The van der Waals surface area contributed by atoms with Gasteiger partial charge in [0.05, 0.1) is 0 Å². The summed E-state index contributed by atoms with van der Waals surface area (Å²) in [5, 5.41) is 0. The van der Waals surface area contributed by atoms with Gasteiger partial charge in [0.15, 0.2) is 12.5 Å². The number of Topliss-reactive ketones (excluding diaryl/α,β-unsaturated/α-hetero) is 1. The van der Waals surface area contributed by atoms with Crippen molar-refractivity contribution in [3.8, 4) is 0 Å². The molecule has 0 aliphatic heterocycles. The molecule has 0 bridgehead atoms. The van der Waals surface area contributed by atoms with Gasteiger partial charge in [-0.25, -0.2) is 4.39 Å². The monoisotopic (exact) mass is 166 g/mol. The predicted molar refractivity (Wildman–Crippen MR) is 46.1 cm³/mol. The van der Waals surface area contributed by atoms with Gasteiger partial charge in [-0.15, -0.1) is 0 Å². The van der Waals surface area contributed by atoms with Crippen LogP contribution in [0, 0.1) is 0 Å². The van der Waals surface area contributed by atoms with Crippen LogP contribution in [0.25, 0.3) is 0 Å². The summed E-state index contributed by atoms with van der Waals surface area (Å²) in [6.07, 6.45) is 0.868. The van der Waals surface area contributed by atoms with Gasteiger partial charge in [-0.3, -0.25) is 4.79 Å². The van der Waals surface area contributed by atoms with Crippen molar-refractivity contribution in [2.24, 2.45) is 0 Å². The van der Waals surface area contributed by atoms with E-state index >= 15 is 0 Å². The van der Waals surface area contributed by atoms with Crippen molar-refractivity contribution in [3.05, 3.63) is 35.4 Å². The van der Waals surface area contributed by atoms with E-state index in [0.29, 0.717) is 5.56 Å². The molecule has 0 saturated heterocycles. The topological polar surface area (TPSA) is 17.1 Å². The summed E-state index contributed by atoms with van der Waals surface area (Å²) in [6.45, 7) is 1.09. The molecule has 0 heterocycles. The van der Waals surface area contributed by atoms with E-state index in [1.807, 2.05) is 13.0 Å². The van der Waals surface area contributed by atoms with Gasteiger partial charge in [-0.1, -0.05) is 25.1 Å². The van der Waals surface area contributed by atoms with Crippen molar-refractivity contribution < 1.29 is 9.18 Å². The third kappa shape index (κ3) is 1.91. The predicted octanol–water partition coefficient (Wildman–Crippen LogP) is 2.40. The van der Waals surface area contributed by atoms with Crippen molar-refractivity contribution in [1.29, 1.82) is 0 Å². The van der Waals surface area contributed by atoms with Gasteiger partial charge in [0, 0.05) is 5.56 Å². The van der Waals surface area contributed by atoms with Crippen LogP contribution in [0.4, 0.5) is 4.39 Å². The molecule has 2 heteroatoms. The number of aryl methyl sites for hydroxylation is 1. The smallest absolute Gasteiger partial charge is 0.193 e. The number of hydrogen-bond acceptors (Lipinski definition) is 1. The first kappa shape index (κ1) is 8.91. The third-order valence-corrected chi connectivity index (χ3v) is 1.78. The number of hydrogen-bond donors (Lipinski definition) is 0. The zero-order chi connectivity index (χ0) is 8.97. The normalized spacial score (nSPS) is 9.83. The highest BCUT2D eigenvalue weighted by atomic mass is 19.1. The Labute approximate surface area is 71.2 Å². The Morgan fingerprint density at radius 3 is 2.83 bits per heavy atom. The Morgan fingerprint density at radius 2 is 2.25 bits per heavy atom. The van der Waals surface area contributed by atoms with E-state index in [9.17, 15) is 9.18 Å². The van der Waals surface area contributed by atoms with Crippen molar-refractivity contribution in [2.45, 2.75) is 13.3 Å². The second-order valence-corrected chi connectivity index (χ2v) is 2.61. The summed E-state index contributed by atoms with van der Waals surface area (Å²) < 4.78 is 12.0. The van der Waals surface area contributed by atoms with Crippen LogP contribution < -0.4 is 0 Å². The van der Waals surface area contributed by atoms with Crippen LogP contribution in [-0.2, 0) is 6.42 Å². The van der Waals surface area contributed by atoms with E-state index in [-0.39, 0.29) is 0 Å². The SMILES string of the molecule is CCc1cccc(C(=O)CF)c1. The molecule has 12 heavy (non-hydrogen) atoms. The van der Waals surface area contributed by atoms with Crippen LogP contribution in [0.15, 0.2) is 24.3 Å². The molecule has 1 rings (SSSR count). The zero-order valence-corrected chi connectivity index (χ0v) is 7.01. The highest BCUT2D eigenvalue weighted by Gasteiger charge is 2.03. The van der Waals surface area contributed by atoms with E-state index in [2.05, 4.69) is 0 Å². The average Bonchev–Trinajstić information content (AvgIpc) is 2.17. The zero-order valence-electron chi connectivity index (χ0n) is 7.01. The summed E-state index contributed by atoms with van der Waals surface area (Å²) in [4.78, 5) is 10.9. The van der Waals surface area contributed by atoms with Gasteiger partial charge in [0.2, 0.25) is 0 Å². The van der Waals surface area contributed by atoms with Gasteiger partial charge < -0.3 is 0 Å². The second-order valence-electron chi connectivity index (χ2n) is 2.61. The molecule has 0 aromatic heterocycles. The highest BCUT2D eigenvalue weighted by Crippen LogP contribution is 2.06. The number of rotatable bonds is 3. The standard InChI is InChI=1S/C10H11FO/c1-2-8-4-3-5-9(6-8)10(12)7-11/h3-6H,2,7H2,1H3. The number of alkyl halides is 1. The molecule has 0 atom stereocenters. The molecule has 1 aromatic rings. The fourth-order valence-corrected chi connectivity index (χ4v) is 1.04. The lowest BCUT2D eigenvalue weighted by Gasteiger charge is -1.99. The number of ketones is 1. The molecule has 64 valence electrons. The molecular weight excluding hydrogens is 155 g/mol. The molecule has 0 fully saturated rings. The van der Waals surface area contributed by atoms with Crippen LogP contribution in [0.3, 0.4) is 0 Å². The van der Waals surface area contributed by atoms with Gasteiger partial charge in [0.1, 0.15) is 0 Å². The number of halogens is 1. The lowest BCUT2D eigenvalue weighted by atomic mass is 10.1. The molecule has 0 aliphatic carbocycles. The van der Waals surface area contributed by atoms with E-state index in [1.54, 1.807) is 18.2 Å². The van der Waals surface area contributed by atoms with Crippen molar-refractivity contribution >= 4 is 5.78 Å². The fraction of sp³-hybridized carbons (Fsp3) is 0.300. The Bertz CT molecular complexity index is 281. The lowest BCUT2D eigenvalue weighted by molar-refractivity contribution is 0.0958. The Kier molecular flexibility index (Phi) is 2.97. The van der Waals surface area contributed by atoms with E-state index < -0.39 is 12.5 Å². The van der Waals surface area contributed by atoms with Crippen molar-refractivity contribution in [3.63, 3.8) is 0 Å². The molecule has 0 unspecified atom stereocenters. The van der Waals surface area contributed by atoms with Gasteiger partial charge in [-0.05, 0) is 18.1 Å². The van der Waals surface area contributed by atoms with Gasteiger partial charge in [-0.2, -0.15) is 0 Å². The van der Waals surface area contributed by atoms with Crippen LogP contribution >= 0.6 is 0 Å². The Hall–Kier alpha value is -1.18. The Balaban J connectivity index is 2.93. The molecule has 0 aliphatic rings. The number of benzene rings is 1. The van der Waals surface area contributed by atoms with E-state index in [0.717, 1.165) is 12.0 Å². The minimum absolute atomic E-state index is 0.440. The maximum atomic E-state index is 12.0. The van der Waals surface area contributed by atoms with Gasteiger partial charge >= 0.3 is 0 Å². The summed E-state index contributed by atoms with van der Waals surface area (Å²) in [5.41, 5.74) is 1.53. The molecule has 0 amide bonds. The van der Waals surface area contributed by atoms with Crippen LogP contribution in [0.2, 0.25) is 0 Å². The largest absolute Gasteiger partial charge is 0.291 e. The number of carbonyl (C=O) groups excluding carboxylic acids is 1. The quantitative estimate of drug-likeness (QED) is 0.630. The van der Waals surface area contributed by atoms with Crippen LogP contribution in [0.5, 0.6) is 0 Å². The van der Waals surface area contributed by atoms with Crippen molar-refractivity contribution in [1.82, 2.24) is 0 Å². The molecule has 0 N–H and O–H groups in total. The van der Waals surface area contributed by atoms with E-state index in [1.165, 1.54) is 0 Å². The maximum Gasteiger partial charge on any atom is 0.193 e. The minimum Gasteiger partial charge on any atom is -0.291 e. The van der Waals surface area contributed by atoms with Crippen molar-refractivity contribution in [2.75, 3.05) is 6.67 Å². The Morgan fingerprint density at radius 1 is 1.50 bits per heavy atom. The number of carbonyl (C=O) groups is 1. The summed E-state index contributed by atoms with van der Waals surface area (Å²) in [7, 11) is 0. The fourth-order valence-electron chi connectivity index (χ4n) is 1.04. The highest BCUT2D eigenvalue weighted by molar-refractivity contribution is 5.97. The molecule has 1 nitrogen and oxygen atoms in total. The summed E-state index contributed by atoms with van der Waals surface area (Å²) in [6, 6.07) is 7.08. The summed E-state index contributed by atoms with van der Waals surface area (Å²) in [5.74, 6) is -0.440. The van der Waals surface area contributed by atoms with E-state index in [4.69, 9.17) is 0 Å². The first-order valence-electron chi connectivity index (χ1n) is 3.96. The van der Waals surface area contributed by atoms with Gasteiger partial charge in [0.25, 0.3) is 0 Å². The van der Waals surface area contributed by atoms with Crippen LogP contribution in [-0.4, -0.2) is 12.5 Å². The second kappa shape index (κ2) is 4.00. The first-order valence-corrected chi connectivity index (χ1v) is 3.96. The third-order valence-electron chi connectivity index (χ3n) is 1.78.